The molecule has 12 heteroatoms. The van der Waals surface area contributed by atoms with E-state index in [-0.39, 0.29) is 17.2 Å². The molecule has 2 aromatic heterocycles. The number of nitrogens with zero attached hydrogens (tertiary/aromatic N) is 7. The predicted molar refractivity (Wildman–Crippen MR) is 140 cm³/mol. The zero-order valence-electron chi connectivity index (χ0n) is 20.3. The summed E-state index contributed by atoms with van der Waals surface area (Å²) in [5.74, 6) is 0.996. The third-order valence-corrected chi connectivity index (χ3v) is 5.68. The van der Waals surface area contributed by atoms with Gasteiger partial charge in [-0.15, -0.1) is 0 Å². The molecule has 0 aliphatic carbocycles. The second-order valence-corrected chi connectivity index (χ2v) is 8.75. The highest BCUT2D eigenvalue weighted by molar-refractivity contribution is 6.28. The highest BCUT2D eigenvalue weighted by atomic mass is 35.5. The molecule has 1 saturated heterocycles. The third-order valence-electron chi connectivity index (χ3n) is 5.51. The summed E-state index contributed by atoms with van der Waals surface area (Å²) in [5.41, 5.74) is 7.48. The van der Waals surface area contributed by atoms with Crippen molar-refractivity contribution in [2.75, 3.05) is 30.3 Å². The summed E-state index contributed by atoms with van der Waals surface area (Å²) in [6.45, 7) is 7.36. The number of piperazine rings is 1. The van der Waals surface area contributed by atoms with Gasteiger partial charge in [-0.3, -0.25) is 15.1 Å². The lowest BCUT2D eigenvalue weighted by atomic mass is 9.99. The monoisotopic (exact) mass is 509 g/mol. The van der Waals surface area contributed by atoms with E-state index < -0.39 is 5.97 Å². The van der Waals surface area contributed by atoms with Gasteiger partial charge in [-0.25, -0.2) is 15.0 Å². The SMILES string of the molecule is CC(=O)O.CC(C)C1CN(c2cc(N)nc(Cl)n2)CCN1C(=Nc1cccc2ncccc12)NC#N. The maximum absolute atomic E-state index is 9.44. The Bertz CT molecular complexity index is 1260. The number of hydrogen-bond donors (Lipinski definition) is 3. The Balaban J connectivity index is 0.000000840. The first kappa shape index (κ1) is 26.4. The smallest absolute Gasteiger partial charge is 0.300 e. The van der Waals surface area contributed by atoms with E-state index >= 15 is 0 Å². The molecule has 4 rings (SSSR count). The number of rotatable bonds is 3. The lowest BCUT2D eigenvalue weighted by Crippen LogP contribution is -2.59. The molecule has 3 heterocycles. The molecule has 4 N–H and O–H groups in total. The second kappa shape index (κ2) is 12.0. The Labute approximate surface area is 214 Å². The van der Waals surface area contributed by atoms with E-state index in [0.717, 1.165) is 23.5 Å². The van der Waals surface area contributed by atoms with Crippen molar-refractivity contribution in [2.45, 2.75) is 26.8 Å². The van der Waals surface area contributed by atoms with Crippen LogP contribution in [0.4, 0.5) is 17.3 Å². The summed E-state index contributed by atoms with van der Waals surface area (Å²) in [6.07, 6.45) is 3.80. The van der Waals surface area contributed by atoms with E-state index in [4.69, 9.17) is 32.2 Å². The van der Waals surface area contributed by atoms with Gasteiger partial charge >= 0.3 is 0 Å². The molecular formula is C24H28ClN9O2. The Morgan fingerprint density at radius 1 is 1.31 bits per heavy atom. The summed E-state index contributed by atoms with van der Waals surface area (Å²) in [4.78, 5) is 30.8. The molecule has 1 aliphatic rings. The fourth-order valence-corrected chi connectivity index (χ4v) is 4.13. The standard InChI is InChI=1S/C22H24ClN9.C2H4O2/c1-14(2)18-12-31(20-11-19(25)29-21(23)30-20)9-10-32(18)22(27-13-24)28-17-7-3-6-16-15(17)5-4-8-26-16;1-2(3)4/h3-8,11,14,18H,9-10,12H2,1-2H3,(H,27,28)(H2,25,29,30);1H3,(H,3,4). The minimum Gasteiger partial charge on any atom is -0.481 e. The molecule has 188 valence electrons. The van der Waals surface area contributed by atoms with Gasteiger partial charge in [-0.1, -0.05) is 19.9 Å². The molecule has 1 aromatic carbocycles. The average Bonchev–Trinajstić information content (AvgIpc) is 2.82. The fourth-order valence-electron chi connectivity index (χ4n) is 3.95. The Morgan fingerprint density at radius 3 is 2.72 bits per heavy atom. The number of carboxylic acids is 1. The number of carbonyl (C=O) groups is 1. The molecule has 3 aromatic rings. The van der Waals surface area contributed by atoms with E-state index in [1.165, 1.54) is 0 Å². The van der Waals surface area contributed by atoms with Crippen LogP contribution in [0.5, 0.6) is 0 Å². The summed E-state index contributed by atoms with van der Waals surface area (Å²) >= 11 is 6.02. The molecular weight excluding hydrogens is 482 g/mol. The first-order valence-corrected chi connectivity index (χ1v) is 11.7. The average molecular weight is 510 g/mol. The minimum absolute atomic E-state index is 0.0754. The number of nitrogens with one attached hydrogen (secondary N) is 1. The zero-order valence-corrected chi connectivity index (χ0v) is 21.0. The van der Waals surface area contributed by atoms with Crippen LogP contribution in [-0.2, 0) is 4.79 Å². The highest BCUT2D eigenvalue weighted by Gasteiger charge is 2.32. The van der Waals surface area contributed by atoms with E-state index in [1.807, 2.05) is 36.5 Å². The molecule has 0 saturated carbocycles. The summed E-state index contributed by atoms with van der Waals surface area (Å²) in [5, 5.41) is 20.7. The Kier molecular flexibility index (Phi) is 8.81. The number of anilines is 2. The van der Waals surface area contributed by atoms with Crippen molar-refractivity contribution < 1.29 is 9.90 Å². The van der Waals surface area contributed by atoms with Crippen molar-refractivity contribution >= 4 is 51.8 Å². The van der Waals surface area contributed by atoms with Crippen LogP contribution in [0.2, 0.25) is 5.28 Å². The van der Waals surface area contributed by atoms with E-state index in [1.54, 1.807) is 12.3 Å². The first-order chi connectivity index (χ1) is 17.2. The molecule has 36 heavy (non-hydrogen) atoms. The molecule has 1 unspecified atom stereocenters. The van der Waals surface area contributed by atoms with Crippen molar-refractivity contribution in [3.63, 3.8) is 0 Å². The third kappa shape index (κ3) is 6.70. The molecule has 1 aliphatic heterocycles. The molecule has 1 fully saturated rings. The summed E-state index contributed by atoms with van der Waals surface area (Å²) < 4.78 is 0. The van der Waals surface area contributed by atoms with Crippen molar-refractivity contribution in [1.29, 1.82) is 5.26 Å². The van der Waals surface area contributed by atoms with Crippen LogP contribution < -0.4 is 16.0 Å². The summed E-state index contributed by atoms with van der Waals surface area (Å²) in [6, 6.07) is 11.4. The number of benzene rings is 1. The number of aliphatic imine (C=N–C) groups is 1. The van der Waals surface area contributed by atoms with E-state index in [9.17, 15) is 5.26 Å². The van der Waals surface area contributed by atoms with Gasteiger partial charge in [0, 0.05) is 44.2 Å². The van der Waals surface area contributed by atoms with Gasteiger partial charge in [0.25, 0.3) is 5.97 Å². The number of pyridine rings is 1. The maximum atomic E-state index is 9.44. The van der Waals surface area contributed by atoms with Gasteiger partial charge in [0.2, 0.25) is 11.2 Å². The van der Waals surface area contributed by atoms with Gasteiger partial charge in [0.1, 0.15) is 11.6 Å². The van der Waals surface area contributed by atoms with E-state index in [0.29, 0.717) is 37.2 Å². The van der Waals surface area contributed by atoms with Crippen molar-refractivity contribution in [3.05, 3.63) is 47.9 Å². The lowest BCUT2D eigenvalue weighted by molar-refractivity contribution is -0.134. The van der Waals surface area contributed by atoms with Crippen LogP contribution >= 0.6 is 11.6 Å². The van der Waals surface area contributed by atoms with Crippen LogP contribution in [0, 0.1) is 17.4 Å². The minimum atomic E-state index is -0.833. The van der Waals surface area contributed by atoms with Crippen molar-refractivity contribution in [3.8, 4) is 6.19 Å². The number of hydrogen-bond acceptors (Lipinski definition) is 8. The molecule has 0 radical (unpaired) electrons. The van der Waals surface area contributed by atoms with Gasteiger partial charge in [0.15, 0.2) is 6.19 Å². The number of aliphatic carboxylic acids is 1. The van der Waals surface area contributed by atoms with Gasteiger partial charge in [-0.2, -0.15) is 5.26 Å². The normalized spacial score (nSPS) is 15.8. The van der Waals surface area contributed by atoms with Crippen molar-refractivity contribution in [2.24, 2.45) is 10.9 Å². The van der Waals surface area contributed by atoms with Gasteiger partial charge in [0.05, 0.1) is 17.2 Å². The maximum Gasteiger partial charge on any atom is 0.300 e. The van der Waals surface area contributed by atoms with Crippen LogP contribution in [0.25, 0.3) is 10.9 Å². The van der Waals surface area contributed by atoms with Crippen molar-refractivity contribution in [1.82, 2.24) is 25.2 Å². The van der Waals surface area contributed by atoms with E-state index in [2.05, 4.69) is 43.9 Å². The van der Waals surface area contributed by atoms with Crippen LogP contribution in [0.15, 0.2) is 47.6 Å². The predicted octanol–water partition coefficient (Wildman–Crippen LogP) is 3.26. The lowest BCUT2D eigenvalue weighted by Gasteiger charge is -2.44. The van der Waals surface area contributed by atoms with Crippen LogP contribution in [-0.4, -0.2) is 62.6 Å². The highest BCUT2D eigenvalue weighted by Crippen LogP contribution is 2.27. The number of halogens is 1. The quantitative estimate of drug-likeness (QED) is 0.157. The molecule has 0 amide bonds. The second-order valence-electron chi connectivity index (χ2n) is 8.41. The molecule has 1 atom stereocenters. The molecule has 0 bridgehead atoms. The largest absolute Gasteiger partial charge is 0.481 e. The number of carboxylic acid groups (broad SMARTS) is 1. The van der Waals surface area contributed by atoms with Crippen LogP contribution in [0.1, 0.15) is 20.8 Å². The first-order valence-electron chi connectivity index (χ1n) is 11.3. The topological polar surface area (TPSA) is 157 Å². The molecule has 0 spiro atoms. The zero-order chi connectivity index (χ0) is 26.2. The number of fused-ring (bicyclic) bond motifs is 1. The number of nitrogen functional groups attached to an aromatic ring is 1. The van der Waals surface area contributed by atoms with Crippen LogP contribution in [0.3, 0.4) is 0 Å². The van der Waals surface area contributed by atoms with Gasteiger partial charge in [-0.05, 0) is 41.8 Å². The van der Waals surface area contributed by atoms with Gasteiger partial charge < -0.3 is 20.6 Å². The fraction of sp³-hybridized carbons (Fsp3) is 0.333. The Morgan fingerprint density at radius 2 is 2.06 bits per heavy atom. The number of nitriles is 1. The summed E-state index contributed by atoms with van der Waals surface area (Å²) in [7, 11) is 0. The molecule has 11 nitrogen and oxygen atoms in total. The number of nitrogens with two attached hydrogens (primary N) is 1. The Hall–Kier alpha value is -4.17. The number of guanidine groups is 1. The number of aromatic nitrogens is 3.